The maximum absolute atomic E-state index is 14.1. The van der Waals surface area contributed by atoms with Crippen LogP contribution >= 0.6 is 0 Å². The number of ether oxygens (including phenoxy) is 1. The molecule has 1 aliphatic heterocycles. The Kier molecular flexibility index (Phi) is 7.98. The van der Waals surface area contributed by atoms with Crippen molar-refractivity contribution in [3.05, 3.63) is 81.3 Å². The number of aliphatic hydroxyl groups excluding tert-OH is 1. The van der Waals surface area contributed by atoms with Gasteiger partial charge >= 0.3 is 12.4 Å². The molecule has 1 heterocycles. The van der Waals surface area contributed by atoms with E-state index in [4.69, 9.17) is 4.74 Å². The molecule has 0 spiro atoms. The number of likely N-dealkylation sites (tertiary alicyclic amines) is 1. The highest BCUT2D eigenvalue weighted by atomic mass is 19.4. The number of carbonyl (C=O) groups excluding carboxylic acids is 1. The number of fused-ring (bicyclic) bond motifs is 1. The van der Waals surface area contributed by atoms with Crippen molar-refractivity contribution in [2.75, 3.05) is 6.54 Å². The fraction of sp³-hybridized carbons (Fsp3) is 0.516. The largest absolute Gasteiger partial charge is 0.416 e. The Bertz CT molecular complexity index is 1370. The van der Waals surface area contributed by atoms with E-state index in [1.807, 2.05) is 4.90 Å². The number of Topliss-reactive ketones (excluding diaryl/α,β-unsaturated/α-hetero) is 1. The number of hydrogen-bond acceptors (Lipinski definition) is 4. The van der Waals surface area contributed by atoms with Crippen molar-refractivity contribution in [2.45, 2.75) is 83.2 Å². The van der Waals surface area contributed by atoms with Gasteiger partial charge in [0, 0.05) is 36.1 Å². The van der Waals surface area contributed by atoms with Crippen LogP contribution < -0.4 is 0 Å². The molecule has 2 aromatic rings. The van der Waals surface area contributed by atoms with E-state index in [2.05, 4.69) is 0 Å². The molecule has 42 heavy (non-hydrogen) atoms. The summed E-state index contributed by atoms with van der Waals surface area (Å²) in [7, 11) is 0. The van der Waals surface area contributed by atoms with Crippen LogP contribution in [-0.2, 0) is 21.9 Å². The van der Waals surface area contributed by atoms with Crippen LogP contribution in [0.4, 0.5) is 30.7 Å². The third-order valence-electron chi connectivity index (χ3n) is 9.11. The fourth-order valence-electron chi connectivity index (χ4n) is 7.03. The van der Waals surface area contributed by atoms with Crippen LogP contribution in [0.15, 0.2) is 47.7 Å². The lowest BCUT2D eigenvalue weighted by molar-refractivity contribution is -0.143. The highest BCUT2D eigenvalue weighted by molar-refractivity contribution is 5.98. The molecule has 2 aliphatic carbocycles. The average Bonchev–Trinajstić information content (AvgIpc) is 3.41. The van der Waals surface area contributed by atoms with Crippen LogP contribution in [0.2, 0.25) is 0 Å². The second kappa shape index (κ2) is 11.0. The molecule has 11 heteroatoms. The molecule has 2 fully saturated rings. The summed E-state index contributed by atoms with van der Waals surface area (Å²) < 4.78 is 102. The summed E-state index contributed by atoms with van der Waals surface area (Å²) in [5, 5.41) is 11.6. The van der Waals surface area contributed by atoms with E-state index in [9.17, 15) is 40.6 Å². The van der Waals surface area contributed by atoms with Crippen molar-refractivity contribution < 1.29 is 45.4 Å². The zero-order valence-corrected chi connectivity index (χ0v) is 23.3. The van der Waals surface area contributed by atoms with Crippen LogP contribution in [-0.4, -0.2) is 34.7 Å². The van der Waals surface area contributed by atoms with Gasteiger partial charge in [-0.1, -0.05) is 6.07 Å². The van der Waals surface area contributed by atoms with Crippen LogP contribution in [0.5, 0.6) is 0 Å². The predicted octanol–water partition coefficient (Wildman–Crippen LogP) is 7.70. The third kappa shape index (κ3) is 5.69. The summed E-state index contributed by atoms with van der Waals surface area (Å²) in [4.78, 5) is 14.1. The Hall–Kier alpha value is -2.92. The number of alkyl halides is 6. The Morgan fingerprint density at radius 2 is 1.60 bits per heavy atom. The molecule has 3 aliphatic rings. The number of aryl methyl sites for hydroxylation is 1. The standard InChI is InChI=1S/C31H32F7NO3/c1-15-10-22(32)5-6-23(15)28-26(9-4-18-14-39(29(41)27(18)28)24-7-8-25(40)16(24)2)42-17(3)19-11-20(30(33,34)35)13-21(12-19)31(36,37)38/h5-6,10-13,17-18,26-29,41H,4,7-9,14H2,1-3H3/t17-,18-,26+,27-,28-,29?/m1/s1. The Labute approximate surface area is 239 Å². The monoisotopic (exact) mass is 599 g/mol. The molecule has 1 N–H and O–H groups in total. The van der Waals surface area contributed by atoms with Crippen LogP contribution in [0.1, 0.15) is 79.4 Å². The number of hydrogen-bond donors (Lipinski definition) is 1. The van der Waals surface area contributed by atoms with Crippen molar-refractivity contribution in [2.24, 2.45) is 11.8 Å². The van der Waals surface area contributed by atoms with Crippen LogP contribution in [0, 0.1) is 24.6 Å². The fourth-order valence-corrected chi connectivity index (χ4v) is 7.03. The number of ketones is 1. The average molecular weight is 600 g/mol. The number of benzene rings is 2. The number of halogens is 7. The van der Waals surface area contributed by atoms with Crippen molar-refractivity contribution in [1.82, 2.24) is 4.90 Å². The number of nitrogens with zero attached hydrogens (tertiary/aromatic N) is 1. The first-order chi connectivity index (χ1) is 19.6. The highest BCUT2D eigenvalue weighted by Gasteiger charge is 2.52. The Balaban J connectivity index is 1.52. The van der Waals surface area contributed by atoms with Gasteiger partial charge in [0.15, 0.2) is 5.78 Å². The smallest absolute Gasteiger partial charge is 0.373 e. The molecule has 0 amide bonds. The summed E-state index contributed by atoms with van der Waals surface area (Å²) in [6.07, 6.45) is -10.9. The van der Waals surface area contributed by atoms with Gasteiger partial charge in [0.1, 0.15) is 12.0 Å². The van der Waals surface area contributed by atoms with E-state index in [-0.39, 0.29) is 23.3 Å². The summed E-state index contributed by atoms with van der Waals surface area (Å²) in [5.41, 5.74) is -0.440. The summed E-state index contributed by atoms with van der Waals surface area (Å²) >= 11 is 0. The molecule has 0 bridgehead atoms. The van der Waals surface area contributed by atoms with Gasteiger partial charge in [0.25, 0.3) is 0 Å². The molecule has 1 saturated carbocycles. The number of allylic oxidation sites excluding steroid dienone is 2. The molecule has 228 valence electrons. The van der Waals surface area contributed by atoms with Crippen LogP contribution in [0.3, 0.4) is 0 Å². The molecule has 0 aromatic heterocycles. The SMILES string of the molecule is CC1=C(N2C[C@H]3CC[C@H](O[C@H](C)c4cc(C(F)(F)F)cc(C(F)(F)F)c4)[C@@H](c4ccc(F)cc4C)[C@@H]3C2O)CCC1=O. The maximum atomic E-state index is 14.1. The van der Waals surface area contributed by atoms with E-state index in [1.165, 1.54) is 19.1 Å². The van der Waals surface area contributed by atoms with E-state index < -0.39 is 59.6 Å². The molecular weight excluding hydrogens is 567 g/mol. The van der Waals surface area contributed by atoms with E-state index in [0.29, 0.717) is 61.1 Å². The second-order valence-corrected chi connectivity index (χ2v) is 11.7. The van der Waals surface area contributed by atoms with Gasteiger partial charge in [-0.2, -0.15) is 26.3 Å². The highest BCUT2D eigenvalue weighted by Crippen LogP contribution is 2.52. The third-order valence-corrected chi connectivity index (χ3v) is 9.11. The van der Waals surface area contributed by atoms with Gasteiger partial charge < -0.3 is 14.7 Å². The molecule has 0 radical (unpaired) electrons. The van der Waals surface area contributed by atoms with Gasteiger partial charge in [0.2, 0.25) is 0 Å². The van der Waals surface area contributed by atoms with Crippen molar-refractivity contribution in [3.8, 4) is 0 Å². The summed E-state index contributed by atoms with van der Waals surface area (Å²) in [6.45, 7) is 5.35. The minimum absolute atomic E-state index is 0.0207. The maximum Gasteiger partial charge on any atom is 0.416 e. The quantitative estimate of drug-likeness (QED) is 0.358. The minimum Gasteiger partial charge on any atom is -0.373 e. The Morgan fingerprint density at radius 3 is 2.14 bits per heavy atom. The number of aliphatic hydroxyl groups is 1. The Morgan fingerprint density at radius 1 is 0.952 bits per heavy atom. The zero-order chi connectivity index (χ0) is 30.7. The lowest BCUT2D eigenvalue weighted by atomic mass is 9.68. The number of carbonyl (C=O) groups is 1. The van der Waals surface area contributed by atoms with Gasteiger partial charge in [0.05, 0.1) is 23.3 Å². The zero-order valence-electron chi connectivity index (χ0n) is 23.3. The predicted molar refractivity (Wildman–Crippen MR) is 139 cm³/mol. The van der Waals surface area contributed by atoms with Crippen LogP contribution in [0.25, 0.3) is 0 Å². The van der Waals surface area contributed by atoms with Crippen molar-refractivity contribution in [1.29, 1.82) is 0 Å². The molecule has 6 atom stereocenters. The topological polar surface area (TPSA) is 49.8 Å². The van der Waals surface area contributed by atoms with Crippen molar-refractivity contribution >= 4 is 5.78 Å². The number of rotatable bonds is 5. The van der Waals surface area contributed by atoms with Gasteiger partial charge in [-0.05, 0) is 93.0 Å². The molecule has 1 unspecified atom stereocenters. The lowest BCUT2D eigenvalue weighted by Crippen LogP contribution is -2.42. The van der Waals surface area contributed by atoms with E-state index >= 15 is 0 Å². The van der Waals surface area contributed by atoms with E-state index in [1.54, 1.807) is 19.9 Å². The summed E-state index contributed by atoms with van der Waals surface area (Å²) in [6, 6.07) is 5.66. The molecule has 5 rings (SSSR count). The normalized spacial score (nSPS) is 27.5. The molecular formula is C31H32F7NO3. The van der Waals surface area contributed by atoms with Crippen molar-refractivity contribution in [3.63, 3.8) is 0 Å². The first-order valence-corrected chi connectivity index (χ1v) is 13.9. The molecule has 2 aromatic carbocycles. The van der Waals surface area contributed by atoms with E-state index in [0.717, 1.165) is 5.70 Å². The molecule has 1 saturated heterocycles. The summed E-state index contributed by atoms with van der Waals surface area (Å²) in [5.74, 6) is -1.42. The first kappa shape index (κ1) is 30.5. The minimum atomic E-state index is -4.99. The first-order valence-electron chi connectivity index (χ1n) is 13.9. The van der Waals surface area contributed by atoms with Gasteiger partial charge in [-0.25, -0.2) is 4.39 Å². The lowest BCUT2D eigenvalue weighted by Gasteiger charge is -2.42. The second-order valence-electron chi connectivity index (χ2n) is 11.7. The van der Waals surface area contributed by atoms with Gasteiger partial charge in [-0.15, -0.1) is 0 Å². The molecule has 4 nitrogen and oxygen atoms in total. The van der Waals surface area contributed by atoms with Gasteiger partial charge in [-0.3, -0.25) is 4.79 Å².